The molecule has 3 rings (SSSR count). The Kier molecular flexibility index (Phi) is 5.06. The van der Waals surface area contributed by atoms with Crippen LogP contribution in [0.5, 0.6) is 0 Å². The van der Waals surface area contributed by atoms with Crippen LogP contribution in [-0.2, 0) is 13.2 Å². The van der Waals surface area contributed by atoms with Crippen LogP contribution in [0.3, 0.4) is 0 Å². The van der Waals surface area contributed by atoms with Gasteiger partial charge < -0.3 is 10.0 Å². The molecule has 1 heterocycles. The summed E-state index contributed by atoms with van der Waals surface area (Å²) in [4.78, 5) is 3.64. The van der Waals surface area contributed by atoms with Gasteiger partial charge in [-0.3, -0.25) is 5.32 Å². The van der Waals surface area contributed by atoms with Crippen LogP contribution in [0.15, 0.2) is 59.5 Å². The van der Waals surface area contributed by atoms with Gasteiger partial charge in [0.25, 0.3) is 0 Å². The first kappa shape index (κ1) is 16.1. The van der Waals surface area contributed by atoms with E-state index in [1.54, 1.807) is 0 Å². The van der Waals surface area contributed by atoms with Crippen molar-refractivity contribution in [2.45, 2.75) is 25.6 Å². The molecule has 1 aliphatic rings. The predicted octanol–water partition coefficient (Wildman–Crippen LogP) is 3.62. The van der Waals surface area contributed by atoms with Crippen LogP contribution in [0.25, 0.3) is 5.70 Å². The molecule has 4 heteroatoms. The van der Waals surface area contributed by atoms with E-state index in [0.29, 0.717) is 0 Å². The second-order valence-electron chi connectivity index (χ2n) is 5.71. The molecule has 1 unspecified atom stereocenters. The maximum Gasteiger partial charge on any atom is 0.132 e. The summed E-state index contributed by atoms with van der Waals surface area (Å²) < 4.78 is 0. The zero-order valence-corrected chi connectivity index (χ0v) is 14.3. The third kappa shape index (κ3) is 3.61. The number of hydrogen-bond donors (Lipinski definition) is 2. The standard InChI is InChI=1S/C19H22N2OS/c1-14-18(17-6-4-3-5-7-17)21(2)19(23-14)20-12-15-8-10-16(13-22)11-9-15/h3-11,19-20,22H,12-13H2,1-2H3. The molecule has 2 aromatic rings. The number of nitrogens with one attached hydrogen (secondary N) is 1. The molecule has 0 bridgehead atoms. The maximum atomic E-state index is 9.10. The Bertz CT molecular complexity index is 682. The summed E-state index contributed by atoms with van der Waals surface area (Å²) >= 11 is 1.86. The minimum Gasteiger partial charge on any atom is -0.392 e. The van der Waals surface area contributed by atoms with Crippen LogP contribution < -0.4 is 5.32 Å². The summed E-state index contributed by atoms with van der Waals surface area (Å²) in [7, 11) is 2.14. The van der Waals surface area contributed by atoms with E-state index in [1.807, 2.05) is 30.0 Å². The lowest BCUT2D eigenvalue weighted by Crippen LogP contribution is -2.36. The monoisotopic (exact) mass is 326 g/mol. The van der Waals surface area contributed by atoms with Crippen LogP contribution in [0.1, 0.15) is 23.6 Å². The summed E-state index contributed by atoms with van der Waals surface area (Å²) in [6.45, 7) is 3.09. The third-order valence-electron chi connectivity index (χ3n) is 4.06. The number of thioether (sulfide) groups is 1. The maximum absolute atomic E-state index is 9.10. The summed E-state index contributed by atoms with van der Waals surface area (Å²) in [6, 6.07) is 18.6. The lowest BCUT2D eigenvalue weighted by Gasteiger charge is -2.25. The largest absolute Gasteiger partial charge is 0.392 e. The van der Waals surface area contributed by atoms with Crippen molar-refractivity contribution in [2.24, 2.45) is 0 Å². The first-order valence-corrected chi connectivity index (χ1v) is 8.65. The van der Waals surface area contributed by atoms with Crippen molar-refractivity contribution in [1.29, 1.82) is 0 Å². The highest BCUT2D eigenvalue weighted by molar-refractivity contribution is 8.04. The van der Waals surface area contributed by atoms with Gasteiger partial charge in [-0.2, -0.15) is 0 Å². The van der Waals surface area contributed by atoms with E-state index in [0.717, 1.165) is 12.1 Å². The fourth-order valence-corrected chi connectivity index (χ4v) is 3.96. The number of hydrogen-bond acceptors (Lipinski definition) is 4. The molecule has 0 aliphatic carbocycles. The average molecular weight is 326 g/mol. The fourth-order valence-electron chi connectivity index (χ4n) is 2.82. The van der Waals surface area contributed by atoms with Crippen molar-refractivity contribution in [3.63, 3.8) is 0 Å². The zero-order valence-electron chi connectivity index (χ0n) is 13.5. The molecule has 0 fully saturated rings. The van der Waals surface area contributed by atoms with Crippen LogP contribution in [0.2, 0.25) is 0 Å². The molecule has 120 valence electrons. The van der Waals surface area contributed by atoms with E-state index < -0.39 is 0 Å². The molecule has 0 spiro atoms. The summed E-state index contributed by atoms with van der Waals surface area (Å²) in [5.74, 6) is 0. The molecule has 2 aromatic carbocycles. The summed E-state index contributed by atoms with van der Waals surface area (Å²) in [6.07, 6.45) is 0. The molecule has 3 nitrogen and oxygen atoms in total. The number of aliphatic hydroxyl groups is 1. The van der Waals surface area contributed by atoms with Gasteiger partial charge in [-0.15, -0.1) is 0 Å². The van der Waals surface area contributed by atoms with E-state index >= 15 is 0 Å². The van der Waals surface area contributed by atoms with E-state index in [-0.39, 0.29) is 12.1 Å². The Balaban J connectivity index is 1.64. The van der Waals surface area contributed by atoms with Crippen molar-refractivity contribution in [3.05, 3.63) is 76.2 Å². The highest BCUT2D eigenvalue weighted by atomic mass is 32.2. The molecular formula is C19H22N2OS. The predicted molar refractivity (Wildman–Crippen MR) is 97.4 cm³/mol. The molecule has 0 saturated carbocycles. The Morgan fingerprint density at radius 3 is 2.35 bits per heavy atom. The van der Waals surface area contributed by atoms with Crippen molar-refractivity contribution in [1.82, 2.24) is 10.2 Å². The van der Waals surface area contributed by atoms with Gasteiger partial charge in [0.1, 0.15) is 5.50 Å². The SMILES string of the molecule is CC1=C(c2ccccc2)N(C)C(NCc2ccc(CO)cc2)S1. The van der Waals surface area contributed by atoms with Gasteiger partial charge in [0.05, 0.1) is 12.3 Å². The smallest absolute Gasteiger partial charge is 0.132 e. The van der Waals surface area contributed by atoms with Crippen molar-refractivity contribution >= 4 is 17.5 Å². The van der Waals surface area contributed by atoms with Crippen LogP contribution in [0.4, 0.5) is 0 Å². The summed E-state index contributed by atoms with van der Waals surface area (Å²) in [5.41, 5.74) is 4.97. The average Bonchev–Trinajstić information content (AvgIpc) is 2.88. The lowest BCUT2D eigenvalue weighted by atomic mass is 10.1. The number of allylic oxidation sites excluding steroid dienone is 1. The molecule has 1 aliphatic heterocycles. The highest BCUT2D eigenvalue weighted by Crippen LogP contribution is 2.40. The third-order valence-corrected chi connectivity index (χ3v) is 5.31. The Morgan fingerprint density at radius 1 is 1.04 bits per heavy atom. The molecule has 2 N–H and O–H groups in total. The van der Waals surface area contributed by atoms with Gasteiger partial charge >= 0.3 is 0 Å². The Hall–Kier alpha value is -1.75. The quantitative estimate of drug-likeness (QED) is 0.880. The van der Waals surface area contributed by atoms with Crippen LogP contribution >= 0.6 is 11.8 Å². The van der Waals surface area contributed by atoms with E-state index in [1.165, 1.54) is 21.7 Å². The van der Waals surface area contributed by atoms with Crippen LogP contribution in [0, 0.1) is 0 Å². The molecule has 0 radical (unpaired) electrons. The van der Waals surface area contributed by atoms with Crippen molar-refractivity contribution in [2.75, 3.05) is 7.05 Å². The van der Waals surface area contributed by atoms with Gasteiger partial charge in [0.2, 0.25) is 0 Å². The normalized spacial score (nSPS) is 17.9. The zero-order chi connectivity index (χ0) is 16.2. The van der Waals surface area contributed by atoms with Gasteiger partial charge in [-0.25, -0.2) is 0 Å². The summed E-state index contributed by atoms with van der Waals surface area (Å²) in [5, 5.41) is 12.7. The molecular weight excluding hydrogens is 304 g/mol. The van der Waals surface area contributed by atoms with Gasteiger partial charge in [-0.1, -0.05) is 66.4 Å². The van der Waals surface area contributed by atoms with Crippen LogP contribution in [-0.4, -0.2) is 22.6 Å². The Labute approximate surface area is 142 Å². The molecule has 0 saturated heterocycles. The fraction of sp³-hybridized carbons (Fsp3) is 0.263. The number of aliphatic hydroxyl groups excluding tert-OH is 1. The first-order valence-electron chi connectivity index (χ1n) is 7.77. The topological polar surface area (TPSA) is 35.5 Å². The molecule has 23 heavy (non-hydrogen) atoms. The van der Waals surface area contributed by atoms with Gasteiger partial charge in [0, 0.05) is 18.5 Å². The van der Waals surface area contributed by atoms with Gasteiger partial charge in [0.15, 0.2) is 0 Å². The molecule has 0 aromatic heterocycles. The van der Waals surface area contributed by atoms with E-state index in [2.05, 4.69) is 60.6 Å². The highest BCUT2D eigenvalue weighted by Gasteiger charge is 2.27. The van der Waals surface area contributed by atoms with E-state index in [4.69, 9.17) is 5.11 Å². The minimum absolute atomic E-state index is 0.0957. The van der Waals surface area contributed by atoms with E-state index in [9.17, 15) is 0 Å². The van der Waals surface area contributed by atoms with Crippen molar-refractivity contribution in [3.8, 4) is 0 Å². The second kappa shape index (κ2) is 7.21. The Morgan fingerprint density at radius 2 is 1.70 bits per heavy atom. The minimum atomic E-state index is 0.0957. The lowest BCUT2D eigenvalue weighted by molar-refractivity contribution is 0.282. The molecule has 1 atom stereocenters. The second-order valence-corrected chi connectivity index (χ2v) is 7.00. The number of nitrogens with zero attached hydrogens (tertiary/aromatic N) is 1. The molecule has 0 amide bonds. The number of rotatable bonds is 5. The first-order chi connectivity index (χ1) is 11.2. The number of benzene rings is 2. The van der Waals surface area contributed by atoms with Gasteiger partial charge in [-0.05, 0) is 23.6 Å². The van der Waals surface area contributed by atoms with Crippen molar-refractivity contribution < 1.29 is 5.11 Å².